The van der Waals surface area contributed by atoms with Gasteiger partial charge in [-0.25, -0.2) is 18.1 Å². The first kappa shape index (κ1) is 13.6. The number of unbranched alkanes of at least 4 members (excludes halogenated alkanes) is 1. The van der Waals surface area contributed by atoms with Crippen LogP contribution in [0.25, 0.3) is 0 Å². The van der Waals surface area contributed by atoms with Gasteiger partial charge in [-0.1, -0.05) is 20.3 Å². The smallest absolute Gasteiger partial charge is 0.212 e. The highest BCUT2D eigenvalue weighted by atomic mass is 32.2. The van der Waals surface area contributed by atoms with E-state index in [4.69, 9.17) is 0 Å². The molecule has 0 saturated carbocycles. The molecule has 0 bridgehead atoms. The zero-order chi connectivity index (χ0) is 12.0. The quantitative estimate of drug-likeness (QED) is 0.820. The van der Waals surface area contributed by atoms with Gasteiger partial charge in [0.15, 0.2) is 0 Å². The Morgan fingerprint density at radius 1 is 1.50 bits per heavy atom. The molecule has 4 nitrogen and oxygen atoms in total. The second-order valence-electron chi connectivity index (χ2n) is 3.62. The van der Waals surface area contributed by atoms with Crippen molar-refractivity contribution in [2.75, 3.05) is 5.75 Å². The molecule has 16 heavy (non-hydrogen) atoms. The lowest BCUT2D eigenvalue weighted by atomic mass is 10.3. The molecule has 1 unspecified atom stereocenters. The Balaban J connectivity index is 2.63. The van der Waals surface area contributed by atoms with E-state index in [2.05, 4.69) is 9.71 Å². The van der Waals surface area contributed by atoms with Gasteiger partial charge >= 0.3 is 0 Å². The van der Waals surface area contributed by atoms with Crippen molar-refractivity contribution in [2.24, 2.45) is 0 Å². The third kappa shape index (κ3) is 4.19. The van der Waals surface area contributed by atoms with Gasteiger partial charge in [0.2, 0.25) is 10.0 Å². The number of hydrogen-bond donors (Lipinski definition) is 1. The molecule has 1 heterocycles. The molecule has 0 spiro atoms. The van der Waals surface area contributed by atoms with Crippen LogP contribution in [0, 0.1) is 0 Å². The second-order valence-corrected chi connectivity index (χ2v) is 6.42. The maximum absolute atomic E-state index is 11.7. The fourth-order valence-electron chi connectivity index (χ4n) is 1.32. The molecule has 1 aromatic rings. The molecule has 0 aliphatic heterocycles. The van der Waals surface area contributed by atoms with Crippen LogP contribution < -0.4 is 4.72 Å². The van der Waals surface area contributed by atoms with Crippen molar-refractivity contribution in [3.05, 3.63) is 16.6 Å². The number of thiazole rings is 1. The zero-order valence-corrected chi connectivity index (χ0v) is 11.3. The van der Waals surface area contributed by atoms with Crippen LogP contribution in [0.4, 0.5) is 0 Å². The summed E-state index contributed by atoms with van der Waals surface area (Å²) in [5.74, 6) is 0.200. The van der Waals surface area contributed by atoms with Crippen LogP contribution in [0.15, 0.2) is 11.6 Å². The molecule has 0 amide bonds. The Morgan fingerprint density at radius 2 is 2.25 bits per heavy atom. The van der Waals surface area contributed by atoms with Gasteiger partial charge in [-0.15, -0.1) is 11.3 Å². The summed E-state index contributed by atoms with van der Waals surface area (Å²) in [6, 6.07) is -0.179. The summed E-state index contributed by atoms with van der Waals surface area (Å²) in [6.07, 6.45) is 4.00. The molecule has 0 saturated heterocycles. The van der Waals surface area contributed by atoms with Gasteiger partial charge in [-0.3, -0.25) is 0 Å². The zero-order valence-electron chi connectivity index (χ0n) is 9.64. The summed E-state index contributed by atoms with van der Waals surface area (Å²) in [4.78, 5) is 4.14. The van der Waals surface area contributed by atoms with Crippen molar-refractivity contribution < 1.29 is 8.42 Å². The molecule has 0 aromatic carbocycles. The first-order valence-corrected chi connectivity index (χ1v) is 8.01. The molecule has 1 aromatic heterocycles. The van der Waals surface area contributed by atoms with Crippen LogP contribution in [-0.4, -0.2) is 19.2 Å². The topological polar surface area (TPSA) is 59.1 Å². The lowest BCUT2D eigenvalue weighted by molar-refractivity contribution is 0.546. The van der Waals surface area contributed by atoms with E-state index in [1.807, 2.05) is 19.2 Å². The summed E-state index contributed by atoms with van der Waals surface area (Å²) < 4.78 is 26.1. The first-order valence-electron chi connectivity index (χ1n) is 5.48. The van der Waals surface area contributed by atoms with Gasteiger partial charge in [0.1, 0.15) is 5.01 Å². The lowest BCUT2D eigenvalue weighted by Gasteiger charge is -2.14. The summed E-state index contributed by atoms with van der Waals surface area (Å²) in [7, 11) is -3.16. The van der Waals surface area contributed by atoms with E-state index < -0.39 is 10.0 Å². The third-order valence-electron chi connectivity index (χ3n) is 2.25. The van der Waals surface area contributed by atoms with Crippen LogP contribution in [-0.2, 0) is 10.0 Å². The fraction of sp³-hybridized carbons (Fsp3) is 0.700. The van der Waals surface area contributed by atoms with Crippen molar-refractivity contribution in [1.82, 2.24) is 9.71 Å². The van der Waals surface area contributed by atoms with Gasteiger partial charge in [-0.05, 0) is 12.8 Å². The van der Waals surface area contributed by atoms with Crippen LogP contribution in [0.3, 0.4) is 0 Å². The normalized spacial score (nSPS) is 13.9. The average molecular weight is 262 g/mol. The molecular weight excluding hydrogens is 244 g/mol. The number of nitrogens with zero attached hydrogens (tertiary/aromatic N) is 1. The van der Waals surface area contributed by atoms with Crippen molar-refractivity contribution in [2.45, 2.75) is 39.2 Å². The van der Waals surface area contributed by atoms with E-state index in [-0.39, 0.29) is 11.8 Å². The Hall–Kier alpha value is -0.460. The number of hydrogen-bond acceptors (Lipinski definition) is 4. The highest BCUT2D eigenvalue weighted by molar-refractivity contribution is 7.89. The van der Waals surface area contributed by atoms with Crippen LogP contribution in [0.1, 0.15) is 44.2 Å². The van der Waals surface area contributed by atoms with Gasteiger partial charge in [-0.2, -0.15) is 0 Å². The molecule has 0 aliphatic carbocycles. The van der Waals surface area contributed by atoms with E-state index >= 15 is 0 Å². The molecule has 0 fully saturated rings. The highest BCUT2D eigenvalue weighted by Crippen LogP contribution is 2.19. The molecular formula is C10H18N2O2S2. The monoisotopic (exact) mass is 262 g/mol. The van der Waals surface area contributed by atoms with Gasteiger partial charge in [0, 0.05) is 11.6 Å². The molecule has 1 N–H and O–H groups in total. The first-order chi connectivity index (χ1) is 7.59. The van der Waals surface area contributed by atoms with E-state index in [0.29, 0.717) is 6.42 Å². The molecule has 0 aliphatic rings. The molecule has 0 radical (unpaired) electrons. The standard InChI is InChI=1S/C10H18N2O2S2/c1-3-5-8-16(13,14)12-9(4-2)10-11-6-7-15-10/h6-7,9,12H,3-5,8H2,1-2H3. The highest BCUT2D eigenvalue weighted by Gasteiger charge is 2.19. The summed E-state index contributed by atoms with van der Waals surface area (Å²) >= 11 is 1.48. The number of sulfonamides is 1. The van der Waals surface area contributed by atoms with Gasteiger partial charge < -0.3 is 0 Å². The third-order valence-corrected chi connectivity index (χ3v) is 4.61. The largest absolute Gasteiger partial charge is 0.248 e. The number of nitrogens with one attached hydrogen (secondary N) is 1. The lowest BCUT2D eigenvalue weighted by Crippen LogP contribution is -2.30. The van der Waals surface area contributed by atoms with Crippen LogP contribution in [0.2, 0.25) is 0 Å². The minimum atomic E-state index is -3.16. The van der Waals surface area contributed by atoms with Gasteiger partial charge in [0.05, 0.1) is 11.8 Å². The minimum Gasteiger partial charge on any atom is -0.248 e. The van der Waals surface area contributed by atoms with E-state index in [1.54, 1.807) is 6.20 Å². The van der Waals surface area contributed by atoms with E-state index in [0.717, 1.165) is 17.8 Å². The maximum atomic E-state index is 11.7. The van der Waals surface area contributed by atoms with Crippen molar-refractivity contribution in [3.8, 4) is 0 Å². The predicted molar refractivity (Wildman–Crippen MR) is 67.0 cm³/mol. The molecule has 1 atom stereocenters. The van der Waals surface area contributed by atoms with Crippen LogP contribution in [0.5, 0.6) is 0 Å². The summed E-state index contributed by atoms with van der Waals surface area (Å²) in [5, 5.41) is 2.70. The summed E-state index contributed by atoms with van der Waals surface area (Å²) in [6.45, 7) is 3.93. The predicted octanol–water partition coefficient (Wildman–Crippen LogP) is 2.31. The Labute approximate surface area is 101 Å². The van der Waals surface area contributed by atoms with E-state index in [9.17, 15) is 8.42 Å². The summed E-state index contributed by atoms with van der Waals surface area (Å²) in [5.41, 5.74) is 0. The van der Waals surface area contributed by atoms with Gasteiger partial charge in [0.25, 0.3) is 0 Å². The minimum absolute atomic E-state index is 0.179. The van der Waals surface area contributed by atoms with Crippen molar-refractivity contribution in [3.63, 3.8) is 0 Å². The van der Waals surface area contributed by atoms with Crippen molar-refractivity contribution >= 4 is 21.4 Å². The number of rotatable bonds is 7. The number of aromatic nitrogens is 1. The molecule has 92 valence electrons. The Bertz CT molecular complexity index is 387. The Morgan fingerprint density at radius 3 is 2.75 bits per heavy atom. The second kappa shape index (κ2) is 6.32. The molecule has 1 rings (SSSR count). The van der Waals surface area contributed by atoms with E-state index in [1.165, 1.54) is 11.3 Å². The maximum Gasteiger partial charge on any atom is 0.212 e. The Kier molecular flexibility index (Phi) is 5.37. The fourth-order valence-corrected chi connectivity index (χ4v) is 3.67. The molecule has 6 heteroatoms. The van der Waals surface area contributed by atoms with Crippen molar-refractivity contribution in [1.29, 1.82) is 0 Å². The average Bonchev–Trinajstić information content (AvgIpc) is 2.76. The van der Waals surface area contributed by atoms with Crippen LogP contribution >= 0.6 is 11.3 Å². The SMILES string of the molecule is CCCCS(=O)(=O)NC(CC)c1nccs1.